The van der Waals surface area contributed by atoms with Gasteiger partial charge in [0.15, 0.2) is 0 Å². The van der Waals surface area contributed by atoms with Gasteiger partial charge in [0, 0.05) is 36.5 Å². The van der Waals surface area contributed by atoms with Crippen LogP contribution in [0.15, 0.2) is 60.9 Å². The van der Waals surface area contributed by atoms with E-state index in [1.807, 2.05) is 24.5 Å². The van der Waals surface area contributed by atoms with E-state index in [2.05, 4.69) is 84.7 Å². The summed E-state index contributed by atoms with van der Waals surface area (Å²) in [7, 11) is 0. The van der Waals surface area contributed by atoms with E-state index in [9.17, 15) is 0 Å². The molecule has 2 heterocycles. The van der Waals surface area contributed by atoms with Crippen LogP contribution in [-0.4, -0.2) is 28.6 Å². The number of anilines is 1. The highest BCUT2D eigenvalue weighted by Gasteiger charge is 2.31. The first kappa shape index (κ1) is 20.4. The molecular formula is C25H30N4O. The van der Waals surface area contributed by atoms with Crippen LogP contribution in [0.5, 0.6) is 5.75 Å². The molecular weight excluding hydrogens is 372 g/mol. The highest BCUT2D eigenvalue weighted by molar-refractivity contribution is 5.41. The number of nitrogens with zero attached hydrogens (tertiary/aromatic N) is 2. The van der Waals surface area contributed by atoms with Gasteiger partial charge in [-0.3, -0.25) is 0 Å². The Hall–Kier alpha value is -2.92. The summed E-state index contributed by atoms with van der Waals surface area (Å²) in [6, 6.07) is 17.1. The third-order valence-electron chi connectivity index (χ3n) is 5.90. The van der Waals surface area contributed by atoms with Crippen LogP contribution in [0.3, 0.4) is 0 Å². The van der Waals surface area contributed by atoms with Crippen molar-refractivity contribution in [2.75, 3.05) is 18.4 Å². The van der Waals surface area contributed by atoms with Crippen LogP contribution in [-0.2, 0) is 12.0 Å². The average molecular weight is 403 g/mol. The fourth-order valence-corrected chi connectivity index (χ4v) is 3.62. The maximum absolute atomic E-state index is 5.94. The molecule has 0 bridgehead atoms. The Morgan fingerprint density at radius 2 is 1.53 bits per heavy atom. The molecule has 0 atom stereocenters. The third kappa shape index (κ3) is 4.46. The van der Waals surface area contributed by atoms with Gasteiger partial charge >= 0.3 is 0 Å². The van der Waals surface area contributed by atoms with Gasteiger partial charge in [0.25, 0.3) is 0 Å². The second kappa shape index (κ2) is 8.07. The Balaban J connectivity index is 1.36. The van der Waals surface area contributed by atoms with E-state index in [1.165, 1.54) is 16.7 Å². The van der Waals surface area contributed by atoms with Crippen LogP contribution in [0.4, 0.5) is 5.95 Å². The largest absolute Gasteiger partial charge is 0.489 e. The van der Waals surface area contributed by atoms with Crippen molar-refractivity contribution in [1.29, 1.82) is 0 Å². The van der Waals surface area contributed by atoms with Gasteiger partial charge in [-0.15, -0.1) is 0 Å². The Morgan fingerprint density at radius 1 is 0.967 bits per heavy atom. The summed E-state index contributed by atoms with van der Waals surface area (Å²) in [5.41, 5.74) is 4.78. The van der Waals surface area contributed by atoms with Crippen LogP contribution < -0.4 is 15.4 Å². The van der Waals surface area contributed by atoms with Gasteiger partial charge in [0.1, 0.15) is 12.4 Å². The van der Waals surface area contributed by atoms with E-state index >= 15 is 0 Å². The summed E-state index contributed by atoms with van der Waals surface area (Å²) in [6.45, 7) is 11.1. The van der Waals surface area contributed by atoms with Gasteiger partial charge in [-0.1, -0.05) is 55.8 Å². The van der Waals surface area contributed by atoms with Crippen LogP contribution in [0.25, 0.3) is 0 Å². The molecule has 1 aliphatic heterocycles. The van der Waals surface area contributed by atoms with Gasteiger partial charge in [-0.25, -0.2) is 9.97 Å². The predicted molar refractivity (Wildman–Crippen MR) is 121 cm³/mol. The van der Waals surface area contributed by atoms with Gasteiger partial charge in [-0.2, -0.15) is 0 Å². The molecule has 1 fully saturated rings. The van der Waals surface area contributed by atoms with E-state index in [-0.39, 0.29) is 11.0 Å². The number of aromatic nitrogens is 2. The molecule has 2 aromatic carbocycles. The first-order valence-electron chi connectivity index (χ1n) is 10.4. The van der Waals surface area contributed by atoms with E-state index in [0.717, 1.165) is 24.4 Å². The minimum atomic E-state index is -0.0600. The fourth-order valence-electron chi connectivity index (χ4n) is 3.62. The second-order valence-corrected chi connectivity index (χ2v) is 9.01. The minimum Gasteiger partial charge on any atom is -0.489 e. The molecule has 2 N–H and O–H groups in total. The smallest absolute Gasteiger partial charge is 0.223 e. The molecule has 0 saturated carbocycles. The molecule has 0 amide bonds. The van der Waals surface area contributed by atoms with E-state index < -0.39 is 0 Å². The lowest BCUT2D eigenvalue weighted by atomic mass is 9.78. The number of hydrogen-bond acceptors (Lipinski definition) is 5. The highest BCUT2D eigenvalue weighted by atomic mass is 16.5. The normalized spacial score (nSPS) is 15.3. The molecule has 0 radical (unpaired) electrons. The molecule has 1 saturated heterocycles. The molecule has 0 aliphatic carbocycles. The molecule has 5 heteroatoms. The number of aryl methyl sites for hydroxylation is 1. The van der Waals surface area contributed by atoms with Crippen LogP contribution >= 0.6 is 0 Å². The van der Waals surface area contributed by atoms with E-state index in [4.69, 9.17) is 4.74 Å². The summed E-state index contributed by atoms with van der Waals surface area (Å²) in [4.78, 5) is 8.83. The molecule has 1 aliphatic rings. The SMILES string of the molecule is Cc1ccc(C(C)(C)c2ccc(OCc3cnc(NC4(C)CNC4)nc3)cc2)cc1. The standard InChI is InChI=1S/C25H30N4O/c1-18-5-7-20(8-6-18)24(2,3)21-9-11-22(12-10-21)30-15-19-13-27-23(28-14-19)29-25(4)16-26-17-25/h5-14,26H,15-17H2,1-4H3,(H,27,28,29). The second-order valence-electron chi connectivity index (χ2n) is 9.01. The topological polar surface area (TPSA) is 59.1 Å². The van der Waals surface area contributed by atoms with Crippen molar-refractivity contribution < 1.29 is 4.74 Å². The summed E-state index contributed by atoms with van der Waals surface area (Å²) in [6.07, 6.45) is 3.64. The lowest BCUT2D eigenvalue weighted by Gasteiger charge is -2.39. The Kier molecular flexibility index (Phi) is 5.48. The van der Waals surface area contributed by atoms with Crippen molar-refractivity contribution in [1.82, 2.24) is 15.3 Å². The lowest BCUT2D eigenvalue weighted by molar-refractivity contribution is 0.305. The molecule has 4 rings (SSSR count). The average Bonchev–Trinajstić information content (AvgIpc) is 2.73. The van der Waals surface area contributed by atoms with Gasteiger partial charge in [-0.05, 0) is 37.1 Å². The predicted octanol–water partition coefficient (Wildman–Crippen LogP) is 4.46. The van der Waals surface area contributed by atoms with Crippen LogP contribution in [0.2, 0.25) is 0 Å². The lowest BCUT2D eigenvalue weighted by Crippen LogP contribution is -2.62. The van der Waals surface area contributed by atoms with Gasteiger partial charge in [0.2, 0.25) is 5.95 Å². The molecule has 5 nitrogen and oxygen atoms in total. The molecule has 30 heavy (non-hydrogen) atoms. The van der Waals surface area contributed by atoms with Crippen LogP contribution in [0.1, 0.15) is 43.0 Å². The zero-order valence-corrected chi connectivity index (χ0v) is 18.2. The molecule has 0 spiro atoms. The summed E-state index contributed by atoms with van der Waals surface area (Å²) >= 11 is 0. The van der Waals surface area contributed by atoms with Crippen molar-refractivity contribution in [3.8, 4) is 5.75 Å². The highest BCUT2D eigenvalue weighted by Crippen LogP contribution is 2.32. The monoisotopic (exact) mass is 402 g/mol. The fraction of sp³-hybridized carbons (Fsp3) is 0.360. The number of benzene rings is 2. The zero-order valence-electron chi connectivity index (χ0n) is 18.2. The molecule has 3 aromatic rings. The van der Waals surface area contributed by atoms with Crippen molar-refractivity contribution in [3.05, 3.63) is 83.2 Å². The van der Waals surface area contributed by atoms with E-state index in [1.54, 1.807) is 0 Å². The van der Waals surface area contributed by atoms with Crippen molar-refractivity contribution in [2.24, 2.45) is 0 Å². The molecule has 156 valence electrons. The van der Waals surface area contributed by atoms with Gasteiger partial charge < -0.3 is 15.4 Å². The first-order valence-corrected chi connectivity index (χ1v) is 10.4. The molecule has 0 unspecified atom stereocenters. The third-order valence-corrected chi connectivity index (χ3v) is 5.90. The Morgan fingerprint density at radius 3 is 2.07 bits per heavy atom. The zero-order chi connectivity index (χ0) is 21.2. The minimum absolute atomic E-state index is 0.0477. The van der Waals surface area contributed by atoms with Crippen molar-refractivity contribution in [2.45, 2.75) is 45.3 Å². The quantitative estimate of drug-likeness (QED) is 0.611. The Bertz CT molecular complexity index is 975. The van der Waals surface area contributed by atoms with Crippen molar-refractivity contribution >= 4 is 5.95 Å². The maximum Gasteiger partial charge on any atom is 0.223 e. The van der Waals surface area contributed by atoms with Crippen molar-refractivity contribution in [3.63, 3.8) is 0 Å². The molecule has 1 aromatic heterocycles. The summed E-state index contributed by atoms with van der Waals surface area (Å²) in [5.74, 6) is 1.50. The van der Waals surface area contributed by atoms with Gasteiger partial charge in [0.05, 0.1) is 5.54 Å². The number of nitrogens with one attached hydrogen (secondary N) is 2. The first-order chi connectivity index (χ1) is 14.3. The summed E-state index contributed by atoms with van der Waals surface area (Å²) < 4.78 is 5.94. The Labute approximate surface area is 178 Å². The maximum atomic E-state index is 5.94. The number of hydrogen-bond donors (Lipinski definition) is 2. The van der Waals surface area contributed by atoms with Crippen LogP contribution in [0, 0.1) is 6.92 Å². The number of ether oxygens (including phenoxy) is 1. The summed E-state index contributed by atoms with van der Waals surface area (Å²) in [5, 5.41) is 6.63. The number of rotatable bonds is 7. The van der Waals surface area contributed by atoms with E-state index in [0.29, 0.717) is 12.6 Å².